The van der Waals surface area contributed by atoms with Crippen molar-refractivity contribution < 1.29 is 9.32 Å². The average molecular weight is 283 g/mol. The first-order chi connectivity index (χ1) is 10.1. The molecule has 21 heavy (non-hydrogen) atoms. The van der Waals surface area contributed by atoms with Crippen LogP contribution in [0.3, 0.4) is 0 Å². The van der Waals surface area contributed by atoms with Crippen molar-refractivity contribution in [2.24, 2.45) is 7.05 Å². The van der Waals surface area contributed by atoms with Gasteiger partial charge in [0.25, 0.3) is 5.91 Å². The molecule has 106 valence electrons. The molecule has 0 fully saturated rings. The molecule has 7 nitrogen and oxygen atoms in total. The van der Waals surface area contributed by atoms with Gasteiger partial charge >= 0.3 is 0 Å². The second-order valence-electron chi connectivity index (χ2n) is 4.57. The van der Waals surface area contributed by atoms with Crippen molar-refractivity contribution in [1.82, 2.24) is 19.9 Å². The fourth-order valence-electron chi connectivity index (χ4n) is 1.83. The van der Waals surface area contributed by atoms with Crippen molar-refractivity contribution >= 4 is 11.8 Å². The van der Waals surface area contributed by atoms with E-state index in [1.807, 2.05) is 13.0 Å². The second-order valence-corrected chi connectivity index (χ2v) is 4.57. The molecule has 0 radical (unpaired) electrons. The van der Waals surface area contributed by atoms with Gasteiger partial charge in [0, 0.05) is 36.8 Å². The molecule has 3 aromatic rings. The number of carbonyl (C=O) groups excluding carboxylic acids is 1. The summed E-state index contributed by atoms with van der Waals surface area (Å²) in [5, 5.41) is 10.6. The zero-order valence-electron chi connectivity index (χ0n) is 11.6. The number of nitrogens with zero attached hydrogens (tertiary/aromatic N) is 4. The first kappa shape index (κ1) is 13.0. The average Bonchev–Trinajstić information content (AvgIpc) is 3.08. The Morgan fingerprint density at radius 1 is 1.38 bits per heavy atom. The van der Waals surface area contributed by atoms with E-state index in [1.54, 1.807) is 42.3 Å². The topological polar surface area (TPSA) is 85.8 Å². The van der Waals surface area contributed by atoms with E-state index in [-0.39, 0.29) is 11.8 Å². The summed E-state index contributed by atoms with van der Waals surface area (Å²) in [5.74, 6) is -0.0743. The van der Waals surface area contributed by atoms with Gasteiger partial charge in [-0.1, -0.05) is 5.16 Å². The van der Waals surface area contributed by atoms with Gasteiger partial charge in [-0.2, -0.15) is 5.10 Å². The number of aryl methyl sites for hydroxylation is 2. The van der Waals surface area contributed by atoms with Crippen molar-refractivity contribution in [3.05, 3.63) is 48.0 Å². The number of pyridine rings is 1. The third kappa shape index (κ3) is 2.66. The first-order valence-corrected chi connectivity index (χ1v) is 6.32. The third-order valence-electron chi connectivity index (χ3n) is 3.05. The van der Waals surface area contributed by atoms with Gasteiger partial charge in [0.15, 0.2) is 5.69 Å². The van der Waals surface area contributed by atoms with Gasteiger partial charge in [-0.3, -0.25) is 19.8 Å². The minimum absolute atomic E-state index is 0.266. The Labute approximate surface area is 120 Å². The van der Waals surface area contributed by atoms with Crippen LogP contribution in [-0.2, 0) is 7.05 Å². The minimum atomic E-state index is -0.340. The van der Waals surface area contributed by atoms with Crippen molar-refractivity contribution in [1.29, 1.82) is 0 Å². The molecule has 7 heteroatoms. The lowest BCUT2D eigenvalue weighted by Crippen LogP contribution is -2.12. The van der Waals surface area contributed by atoms with Crippen molar-refractivity contribution in [3.63, 3.8) is 0 Å². The molecule has 3 heterocycles. The molecular formula is C14H13N5O2. The predicted molar refractivity (Wildman–Crippen MR) is 75.6 cm³/mol. The van der Waals surface area contributed by atoms with Gasteiger partial charge in [0.05, 0.1) is 0 Å². The fourth-order valence-corrected chi connectivity index (χ4v) is 1.83. The molecule has 0 aliphatic rings. The molecule has 0 aliphatic heterocycles. The van der Waals surface area contributed by atoms with Gasteiger partial charge in [-0.25, -0.2) is 0 Å². The maximum atomic E-state index is 12.0. The molecule has 0 saturated carbocycles. The number of rotatable bonds is 3. The molecule has 1 amide bonds. The predicted octanol–water partition coefficient (Wildman–Crippen LogP) is 2.03. The number of anilines is 1. The van der Waals surface area contributed by atoms with Crippen LogP contribution in [-0.4, -0.2) is 25.8 Å². The van der Waals surface area contributed by atoms with E-state index >= 15 is 0 Å². The van der Waals surface area contributed by atoms with Gasteiger partial charge in [0.1, 0.15) is 5.69 Å². The van der Waals surface area contributed by atoms with Gasteiger partial charge in [-0.15, -0.1) is 0 Å². The number of hydrogen-bond acceptors (Lipinski definition) is 5. The highest BCUT2D eigenvalue weighted by molar-refractivity contribution is 6.02. The van der Waals surface area contributed by atoms with Gasteiger partial charge < -0.3 is 4.52 Å². The minimum Gasteiger partial charge on any atom is -0.338 e. The molecule has 0 bridgehead atoms. The molecule has 3 aromatic heterocycles. The molecule has 0 aromatic carbocycles. The maximum Gasteiger partial charge on any atom is 0.278 e. The lowest BCUT2D eigenvalue weighted by molar-refractivity contribution is 0.101. The SMILES string of the molecule is Cc1cc(C(=O)Nc2cc(-c3cccnc3)no2)nn1C. The van der Waals surface area contributed by atoms with Crippen LogP contribution in [0.25, 0.3) is 11.3 Å². The van der Waals surface area contributed by atoms with Crippen LogP contribution >= 0.6 is 0 Å². The maximum absolute atomic E-state index is 12.0. The van der Waals surface area contributed by atoms with Crippen LogP contribution in [0.1, 0.15) is 16.2 Å². The Balaban J connectivity index is 1.77. The lowest BCUT2D eigenvalue weighted by atomic mass is 10.2. The zero-order chi connectivity index (χ0) is 14.8. The van der Waals surface area contributed by atoms with E-state index in [9.17, 15) is 4.79 Å². The normalized spacial score (nSPS) is 10.6. The van der Waals surface area contributed by atoms with E-state index in [1.165, 1.54) is 0 Å². The number of aromatic nitrogens is 4. The summed E-state index contributed by atoms with van der Waals surface area (Å²) in [6, 6.07) is 7.01. The van der Waals surface area contributed by atoms with E-state index in [2.05, 4.69) is 20.6 Å². The highest BCUT2D eigenvalue weighted by Gasteiger charge is 2.14. The van der Waals surface area contributed by atoms with E-state index in [0.717, 1.165) is 11.3 Å². The molecule has 0 atom stereocenters. The van der Waals surface area contributed by atoms with Crippen molar-refractivity contribution in [2.75, 3.05) is 5.32 Å². The standard InChI is InChI=1S/C14H13N5O2/c1-9-6-12(17-19(9)2)14(20)16-13-7-11(18-21-13)10-4-3-5-15-8-10/h3-8H,1-2H3,(H,16,20). The summed E-state index contributed by atoms with van der Waals surface area (Å²) >= 11 is 0. The first-order valence-electron chi connectivity index (χ1n) is 6.32. The highest BCUT2D eigenvalue weighted by atomic mass is 16.5. The summed E-state index contributed by atoms with van der Waals surface area (Å²) in [4.78, 5) is 16.0. The molecule has 0 spiro atoms. The Kier molecular flexibility index (Phi) is 3.23. The van der Waals surface area contributed by atoms with Crippen molar-refractivity contribution in [3.8, 4) is 11.3 Å². The molecule has 0 aliphatic carbocycles. The summed E-state index contributed by atoms with van der Waals surface area (Å²) in [6.45, 7) is 1.87. The summed E-state index contributed by atoms with van der Waals surface area (Å²) in [6.07, 6.45) is 3.35. The summed E-state index contributed by atoms with van der Waals surface area (Å²) in [5.41, 5.74) is 2.65. The Morgan fingerprint density at radius 3 is 2.90 bits per heavy atom. The molecule has 0 unspecified atom stereocenters. The van der Waals surface area contributed by atoms with E-state index in [4.69, 9.17) is 4.52 Å². The van der Waals surface area contributed by atoms with Gasteiger partial charge in [0.2, 0.25) is 5.88 Å². The van der Waals surface area contributed by atoms with Crippen molar-refractivity contribution in [2.45, 2.75) is 6.92 Å². The monoisotopic (exact) mass is 283 g/mol. The van der Waals surface area contributed by atoms with Crippen LogP contribution in [0.2, 0.25) is 0 Å². The van der Waals surface area contributed by atoms with Crippen LogP contribution in [0.15, 0.2) is 41.2 Å². The molecule has 0 saturated heterocycles. The van der Waals surface area contributed by atoms with Crippen LogP contribution in [0.5, 0.6) is 0 Å². The van der Waals surface area contributed by atoms with Crippen LogP contribution < -0.4 is 5.32 Å². The highest BCUT2D eigenvalue weighted by Crippen LogP contribution is 2.20. The molecule has 3 rings (SSSR count). The second kappa shape index (κ2) is 5.20. The number of nitrogens with one attached hydrogen (secondary N) is 1. The zero-order valence-corrected chi connectivity index (χ0v) is 11.6. The smallest absolute Gasteiger partial charge is 0.278 e. The number of amides is 1. The number of hydrogen-bond donors (Lipinski definition) is 1. The van der Waals surface area contributed by atoms with Crippen LogP contribution in [0, 0.1) is 6.92 Å². The lowest BCUT2D eigenvalue weighted by Gasteiger charge is -1.96. The third-order valence-corrected chi connectivity index (χ3v) is 3.05. The Morgan fingerprint density at radius 2 is 2.24 bits per heavy atom. The molecule has 1 N–H and O–H groups in total. The fraction of sp³-hybridized carbons (Fsp3) is 0.143. The van der Waals surface area contributed by atoms with E-state index in [0.29, 0.717) is 11.4 Å². The Hall–Kier alpha value is -2.96. The summed E-state index contributed by atoms with van der Waals surface area (Å²) in [7, 11) is 1.78. The molecular weight excluding hydrogens is 270 g/mol. The van der Waals surface area contributed by atoms with E-state index < -0.39 is 0 Å². The van der Waals surface area contributed by atoms with Crippen LogP contribution in [0.4, 0.5) is 5.88 Å². The largest absolute Gasteiger partial charge is 0.338 e. The van der Waals surface area contributed by atoms with Gasteiger partial charge in [-0.05, 0) is 25.1 Å². The summed E-state index contributed by atoms with van der Waals surface area (Å²) < 4.78 is 6.74. The number of carbonyl (C=O) groups is 1. The quantitative estimate of drug-likeness (QED) is 0.794. The Bertz CT molecular complexity index is 756.